The molecule has 1 aliphatic carbocycles. The SMILES string of the molecule is Cc1cccc(/C=C(/CC(C#N)NC(=O)[C@@H]2C3C(CN2C(=O)CC(C)(C)C)C3(C)C)C(N)=O)c1. The molecule has 2 fully saturated rings. The molecule has 0 bridgehead atoms. The molecule has 7 heteroatoms. The molecule has 3 N–H and O–H groups in total. The summed E-state index contributed by atoms with van der Waals surface area (Å²) in [5.41, 5.74) is 7.46. The van der Waals surface area contributed by atoms with Crippen LogP contribution in [-0.2, 0) is 14.4 Å². The molecule has 2 aliphatic rings. The number of primary amides is 1. The Hall–Kier alpha value is -3.14. The number of amides is 3. The van der Waals surface area contributed by atoms with Crippen LogP contribution >= 0.6 is 0 Å². The highest BCUT2D eigenvalue weighted by Crippen LogP contribution is 2.65. The molecule has 0 radical (unpaired) electrons. The number of aryl methyl sites for hydroxylation is 1. The Balaban J connectivity index is 1.77. The van der Waals surface area contributed by atoms with Gasteiger partial charge in [-0.3, -0.25) is 14.4 Å². The first-order chi connectivity index (χ1) is 15.7. The highest BCUT2D eigenvalue weighted by Gasteiger charge is 2.69. The first kappa shape index (κ1) is 25.5. The molecule has 1 saturated carbocycles. The number of carbonyl (C=O) groups excluding carboxylic acids is 3. The van der Waals surface area contributed by atoms with Crippen molar-refractivity contribution in [2.24, 2.45) is 28.4 Å². The van der Waals surface area contributed by atoms with E-state index in [9.17, 15) is 19.6 Å². The minimum Gasteiger partial charge on any atom is -0.366 e. The van der Waals surface area contributed by atoms with Crippen LogP contribution in [0.3, 0.4) is 0 Å². The fourth-order valence-corrected chi connectivity index (χ4v) is 5.20. The third-order valence-electron chi connectivity index (χ3n) is 7.07. The Morgan fingerprint density at radius 2 is 2.00 bits per heavy atom. The number of fused-ring (bicyclic) bond motifs is 1. The molecule has 1 aliphatic heterocycles. The van der Waals surface area contributed by atoms with Crippen LogP contribution < -0.4 is 11.1 Å². The van der Waals surface area contributed by atoms with Crippen molar-refractivity contribution >= 4 is 23.8 Å². The molecule has 182 valence electrons. The second-order valence-electron chi connectivity index (χ2n) is 11.5. The van der Waals surface area contributed by atoms with E-state index >= 15 is 0 Å². The standard InChI is InChI=1S/C27H36N4O3/c1-16-8-7-9-17(10-16)11-18(24(29)33)12-19(14-28)30-25(34)23-22-20(27(22,5)6)15-31(23)21(32)13-26(2,3)4/h7-11,19-20,22-23H,12-13,15H2,1-6H3,(H2,29,33)(H,30,34)/b18-11-/t19?,20?,22?,23-/m0/s1. The van der Waals surface area contributed by atoms with Crippen LogP contribution in [0.4, 0.5) is 0 Å². The predicted octanol–water partition coefficient (Wildman–Crippen LogP) is 3.18. The molecule has 1 aromatic carbocycles. The molecule has 1 heterocycles. The zero-order valence-corrected chi connectivity index (χ0v) is 21.0. The fraction of sp³-hybridized carbons (Fsp3) is 0.556. The van der Waals surface area contributed by atoms with Crippen LogP contribution in [-0.4, -0.2) is 41.2 Å². The summed E-state index contributed by atoms with van der Waals surface area (Å²) in [6, 6.07) is 8.13. The second kappa shape index (κ2) is 9.25. The minimum absolute atomic E-state index is 0.00827. The molecule has 34 heavy (non-hydrogen) atoms. The maximum atomic E-state index is 13.4. The van der Waals surface area contributed by atoms with Crippen LogP contribution in [0.5, 0.6) is 0 Å². The third kappa shape index (κ3) is 5.49. The average Bonchev–Trinajstić information content (AvgIpc) is 3.06. The van der Waals surface area contributed by atoms with E-state index in [4.69, 9.17) is 5.73 Å². The lowest BCUT2D eigenvalue weighted by Gasteiger charge is -2.32. The number of piperidine rings is 1. The molecular weight excluding hydrogens is 428 g/mol. The summed E-state index contributed by atoms with van der Waals surface area (Å²) in [5.74, 6) is -0.681. The number of nitrogens with zero attached hydrogens (tertiary/aromatic N) is 2. The Morgan fingerprint density at radius 1 is 1.32 bits per heavy atom. The van der Waals surface area contributed by atoms with Crippen LogP contribution in [0.1, 0.15) is 58.6 Å². The van der Waals surface area contributed by atoms with Gasteiger partial charge in [-0.15, -0.1) is 0 Å². The van der Waals surface area contributed by atoms with E-state index in [0.717, 1.165) is 11.1 Å². The van der Waals surface area contributed by atoms with Crippen LogP contribution in [0.15, 0.2) is 29.8 Å². The molecule has 4 atom stereocenters. The normalized spacial score (nSPS) is 24.1. The molecule has 0 aromatic heterocycles. The maximum Gasteiger partial charge on any atom is 0.244 e. The highest BCUT2D eigenvalue weighted by molar-refractivity contribution is 5.97. The number of nitrogens with one attached hydrogen (secondary N) is 1. The monoisotopic (exact) mass is 464 g/mol. The van der Waals surface area contributed by atoms with Crippen LogP contribution in [0.25, 0.3) is 6.08 Å². The molecule has 3 rings (SSSR count). The van der Waals surface area contributed by atoms with Crippen molar-refractivity contribution in [1.29, 1.82) is 5.26 Å². The summed E-state index contributed by atoms with van der Waals surface area (Å²) in [5, 5.41) is 12.5. The lowest BCUT2D eigenvalue weighted by Crippen LogP contribution is -2.52. The van der Waals surface area contributed by atoms with E-state index in [1.54, 1.807) is 11.0 Å². The average molecular weight is 465 g/mol. The van der Waals surface area contributed by atoms with E-state index in [1.807, 2.05) is 52.0 Å². The smallest absolute Gasteiger partial charge is 0.244 e. The highest BCUT2D eigenvalue weighted by atomic mass is 16.2. The Labute approximate surface area is 202 Å². The molecule has 0 spiro atoms. The lowest BCUT2D eigenvalue weighted by molar-refractivity contribution is -0.141. The van der Waals surface area contributed by atoms with Gasteiger partial charge < -0.3 is 16.0 Å². The zero-order valence-electron chi connectivity index (χ0n) is 21.0. The van der Waals surface area contributed by atoms with Crippen molar-refractivity contribution in [3.05, 3.63) is 41.0 Å². The number of nitriles is 1. The minimum atomic E-state index is -0.934. The topological polar surface area (TPSA) is 116 Å². The van der Waals surface area contributed by atoms with Crippen LogP contribution in [0.2, 0.25) is 0 Å². The maximum absolute atomic E-state index is 13.4. The molecule has 3 amide bonds. The first-order valence-electron chi connectivity index (χ1n) is 11.8. The number of likely N-dealkylation sites (tertiary alicyclic amines) is 1. The van der Waals surface area contributed by atoms with Gasteiger partial charge in [0.05, 0.1) is 6.07 Å². The van der Waals surface area contributed by atoms with Gasteiger partial charge in [-0.05, 0) is 41.2 Å². The fourth-order valence-electron chi connectivity index (χ4n) is 5.20. The van der Waals surface area contributed by atoms with Gasteiger partial charge in [-0.2, -0.15) is 5.26 Å². The van der Waals surface area contributed by atoms with Crippen molar-refractivity contribution in [1.82, 2.24) is 10.2 Å². The molecule has 1 aromatic rings. The van der Waals surface area contributed by atoms with Crippen LogP contribution in [0, 0.1) is 40.9 Å². The number of benzene rings is 1. The first-order valence-corrected chi connectivity index (χ1v) is 11.8. The van der Waals surface area contributed by atoms with Gasteiger partial charge in [0.1, 0.15) is 12.1 Å². The van der Waals surface area contributed by atoms with Gasteiger partial charge in [0, 0.05) is 25.0 Å². The summed E-state index contributed by atoms with van der Waals surface area (Å²) in [6.45, 7) is 12.7. The number of nitrogens with two attached hydrogens (primary N) is 1. The Morgan fingerprint density at radius 3 is 2.56 bits per heavy atom. The van der Waals surface area contributed by atoms with Gasteiger partial charge in [-0.1, -0.05) is 64.4 Å². The van der Waals surface area contributed by atoms with Gasteiger partial charge in [0.15, 0.2) is 0 Å². The predicted molar refractivity (Wildman–Crippen MR) is 131 cm³/mol. The van der Waals surface area contributed by atoms with Crippen molar-refractivity contribution in [2.75, 3.05) is 6.54 Å². The van der Waals surface area contributed by atoms with Gasteiger partial charge >= 0.3 is 0 Å². The van der Waals surface area contributed by atoms with E-state index in [-0.39, 0.29) is 46.5 Å². The van der Waals surface area contributed by atoms with Gasteiger partial charge in [0.2, 0.25) is 17.7 Å². The quantitative estimate of drug-likeness (QED) is 0.603. The number of rotatable bonds is 7. The Kier molecular flexibility index (Phi) is 6.93. The van der Waals surface area contributed by atoms with E-state index < -0.39 is 18.0 Å². The summed E-state index contributed by atoms with van der Waals surface area (Å²) < 4.78 is 0. The van der Waals surface area contributed by atoms with E-state index in [1.165, 1.54) is 0 Å². The lowest BCUT2D eigenvalue weighted by atomic mass is 9.90. The third-order valence-corrected chi connectivity index (χ3v) is 7.07. The summed E-state index contributed by atoms with van der Waals surface area (Å²) >= 11 is 0. The molecular formula is C27H36N4O3. The summed E-state index contributed by atoms with van der Waals surface area (Å²) in [4.78, 5) is 40.2. The van der Waals surface area contributed by atoms with Gasteiger partial charge in [0.25, 0.3) is 0 Å². The molecule has 1 saturated heterocycles. The summed E-state index contributed by atoms with van der Waals surface area (Å²) in [7, 11) is 0. The number of hydrogen-bond acceptors (Lipinski definition) is 4. The zero-order chi connectivity index (χ0) is 25.4. The number of carbonyl (C=O) groups is 3. The summed E-state index contributed by atoms with van der Waals surface area (Å²) in [6.07, 6.45) is 2.00. The van der Waals surface area contributed by atoms with Crippen molar-refractivity contribution in [2.45, 2.75) is 66.5 Å². The molecule has 7 nitrogen and oxygen atoms in total. The van der Waals surface area contributed by atoms with Crippen molar-refractivity contribution in [3.63, 3.8) is 0 Å². The molecule has 3 unspecified atom stereocenters. The van der Waals surface area contributed by atoms with E-state index in [0.29, 0.717) is 13.0 Å². The van der Waals surface area contributed by atoms with Gasteiger partial charge in [-0.25, -0.2) is 0 Å². The second-order valence-corrected chi connectivity index (χ2v) is 11.5. The van der Waals surface area contributed by atoms with Crippen molar-refractivity contribution in [3.8, 4) is 6.07 Å². The van der Waals surface area contributed by atoms with Crippen molar-refractivity contribution < 1.29 is 14.4 Å². The van der Waals surface area contributed by atoms with E-state index in [2.05, 4.69) is 25.2 Å². The Bertz CT molecular complexity index is 1060. The number of hydrogen-bond donors (Lipinski definition) is 2. The largest absolute Gasteiger partial charge is 0.366 e.